The van der Waals surface area contributed by atoms with Crippen molar-refractivity contribution in [2.24, 2.45) is 0 Å². The minimum atomic E-state index is -0.200. The Balaban J connectivity index is 2.08. The van der Waals surface area contributed by atoms with E-state index in [-0.39, 0.29) is 18.3 Å². The molecule has 1 heterocycles. The predicted octanol–water partition coefficient (Wildman–Crippen LogP) is 5.54. The minimum absolute atomic E-state index is 0.175. The molecule has 1 aliphatic rings. The molecule has 0 aromatic heterocycles. The number of para-hydroxylation sites is 1. The van der Waals surface area contributed by atoms with Crippen molar-refractivity contribution >= 4 is 0 Å². The molecule has 1 aromatic carbocycles. The average Bonchev–Trinajstić information content (AvgIpc) is 2.78. The lowest BCUT2D eigenvalue weighted by molar-refractivity contribution is -0.145. The maximum absolute atomic E-state index is 6.32. The van der Waals surface area contributed by atoms with Crippen LogP contribution in [0.5, 0.6) is 5.75 Å². The molecule has 1 aliphatic heterocycles. The van der Waals surface area contributed by atoms with Crippen LogP contribution in [-0.2, 0) is 18.9 Å². The Morgan fingerprint density at radius 2 is 1.50 bits per heavy atom. The summed E-state index contributed by atoms with van der Waals surface area (Å²) in [6.45, 7) is 9.55. The smallest absolute Gasteiger partial charge is 0.150 e. The minimum Gasteiger partial charge on any atom is -0.493 e. The van der Waals surface area contributed by atoms with Crippen molar-refractivity contribution in [1.82, 2.24) is 0 Å². The van der Waals surface area contributed by atoms with E-state index in [9.17, 15) is 0 Å². The number of benzene rings is 1. The van der Waals surface area contributed by atoms with Crippen LogP contribution >= 0.6 is 0 Å². The summed E-state index contributed by atoms with van der Waals surface area (Å²) in [6, 6.07) is 9.83. The topological polar surface area (TPSA) is 46.2 Å². The molecule has 5 heteroatoms. The second-order valence-corrected chi connectivity index (χ2v) is 7.73. The first-order chi connectivity index (χ1) is 14.8. The molecule has 1 aromatic rings. The summed E-state index contributed by atoms with van der Waals surface area (Å²) in [6.07, 6.45) is 7.62. The van der Waals surface area contributed by atoms with Crippen LogP contribution in [0.4, 0.5) is 0 Å². The van der Waals surface area contributed by atoms with Gasteiger partial charge < -0.3 is 23.7 Å². The first-order valence-electron chi connectivity index (χ1n) is 11.6. The van der Waals surface area contributed by atoms with E-state index in [1.165, 1.54) is 0 Å². The van der Waals surface area contributed by atoms with Crippen LogP contribution in [0.3, 0.4) is 0 Å². The molecule has 0 saturated carbocycles. The number of unbranched alkanes of at least 4 members (excludes halogenated alkanes) is 3. The van der Waals surface area contributed by atoms with E-state index in [2.05, 4.69) is 20.8 Å². The van der Waals surface area contributed by atoms with Crippen LogP contribution in [0.1, 0.15) is 59.3 Å². The molecule has 0 radical (unpaired) electrons. The summed E-state index contributed by atoms with van der Waals surface area (Å²) >= 11 is 0. The van der Waals surface area contributed by atoms with Gasteiger partial charge in [-0.3, -0.25) is 0 Å². The van der Waals surface area contributed by atoms with Gasteiger partial charge in [0, 0.05) is 25.4 Å². The first-order valence-corrected chi connectivity index (χ1v) is 11.6. The molecule has 0 fully saturated rings. The van der Waals surface area contributed by atoms with Crippen LogP contribution in [0.2, 0.25) is 0 Å². The Labute approximate surface area is 182 Å². The Kier molecular flexibility index (Phi) is 12.6. The van der Waals surface area contributed by atoms with E-state index in [1.807, 2.05) is 30.3 Å². The highest BCUT2D eigenvalue weighted by atomic mass is 16.6. The second kappa shape index (κ2) is 15.3. The van der Waals surface area contributed by atoms with E-state index in [0.29, 0.717) is 26.4 Å². The normalized spacial score (nSPS) is 21.2. The lowest BCUT2D eigenvalue weighted by Gasteiger charge is -2.38. The lowest BCUT2D eigenvalue weighted by atomic mass is 9.98. The molecule has 5 nitrogen and oxygen atoms in total. The van der Waals surface area contributed by atoms with Gasteiger partial charge in [0.15, 0.2) is 0 Å². The molecule has 170 valence electrons. The summed E-state index contributed by atoms with van der Waals surface area (Å²) in [7, 11) is 0. The fourth-order valence-corrected chi connectivity index (χ4v) is 3.22. The number of hydrogen-bond donors (Lipinski definition) is 0. The molecule has 0 aliphatic carbocycles. The van der Waals surface area contributed by atoms with Crippen molar-refractivity contribution in [1.29, 1.82) is 0 Å². The highest BCUT2D eigenvalue weighted by Gasteiger charge is 2.38. The summed E-state index contributed by atoms with van der Waals surface area (Å²) in [5, 5.41) is 0. The summed E-state index contributed by atoms with van der Waals surface area (Å²) < 4.78 is 30.5. The highest BCUT2D eigenvalue weighted by molar-refractivity contribution is 5.23. The van der Waals surface area contributed by atoms with Gasteiger partial charge in [-0.2, -0.15) is 0 Å². The van der Waals surface area contributed by atoms with Crippen molar-refractivity contribution in [3.63, 3.8) is 0 Å². The van der Waals surface area contributed by atoms with Gasteiger partial charge >= 0.3 is 0 Å². The standard InChI is InChI=1S/C25H40O5/c1-4-7-15-26-20-23-25(28-17-9-6-3)24(27-16-8-5-2)21(19-30-23)18-29-22-13-11-10-12-14-22/h10-14,19,23-25H,4-9,15-18,20H2,1-3H3/t23-,24-,25+/m1/s1. The van der Waals surface area contributed by atoms with E-state index < -0.39 is 0 Å². The lowest BCUT2D eigenvalue weighted by Crippen LogP contribution is -2.49. The van der Waals surface area contributed by atoms with E-state index in [0.717, 1.165) is 56.5 Å². The fourth-order valence-electron chi connectivity index (χ4n) is 3.22. The van der Waals surface area contributed by atoms with Crippen LogP contribution < -0.4 is 4.74 Å². The van der Waals surface area contributed by atoms with Gasteiger partial charge in [0.05, 0.1) is 12.9 Å². The molecule has 0 bridgehead atoms. The van der Waals surface area contributed by atoms with Crippen LogP contribution in [0, 0.1) is 0 Å². The Hall–Kier alpha value is -1.56. The van der Waals surface area contributed by atoms with Crippen molar-refractivity contribution in [2.45, 2.75) is 77.6 Å². The van der Waals surface area contributed by atoms with E-state index in [1.54, 1.807) is 6.26 Å². The monoisotopic (exact) mass is 420 g/mol. The third-order valence-corrected chi connectivity index (χ3v) is 5.10. The Morgan fingerprint density at radius 1 is 0.833 bits per heavy atom. The molecular weight excluding hydrogens is 380 g/mol. The van der Waals surface area contributed by atoms with Gasteiger partial charge in [0.2, 0.25) is 0 Å². The maximum Gasteiger partial charge on any atom is 0.150 e. The van der Waals surface area contributed by atoms with Gasteiger partial charge in [-0.25, -0.2) is 0 Å². The van der Waals surface area contributed by atoms with Gasteiger partial charge in [-0.1, -0.05) is 58.2 Å². The van der Waals surface area contributed by atoms with Crippen LogP contribution in [-0.4, -0.2) is 51.3 Å². The van der Waals surface area contributed by atoms with Crippen molar-refractivity contribution in [3.05, 3.63) is 42.2 Å². The van der Waals surface area contributed by atoms with E-state index >= 15 is 0 Å². The molecule has 0 unspecified atom stereocenters. The quantitative estimate of drug-likeness (QED) is 0.329. The SMILES string of the molecule is CCCCOC[C@H]1OC=C(COc2ccccc2)[C@@H](OCCCC)[C@H]1OCCCC. The Bertz CT molecular complexity index is 574. The second-order valence-electron chi connectivity index (χ2n) is 7.73. The first kappa shape index (κ1) is 24.7. The van der Waals surface area contributed by atoms with Crippen LogP contribution in [0.15, 0.2) is 42.2 Å². The highest BCUT2D eigenvalue weighted by Crippen LogP contribution is 2.27. The van der Waals surface area contributed by atoms with Gasteiger partial charge in [-0.15, -0.1) is 0 Å². The summed E-state index contributed by atoms with van der Waals surface area (Å²) in [5.74, 6) is 0.833. The third kappa shape index (κ3) is 8.66. The maximum atomic E-state index is 6.32. The molecule has 0 saturated heterocycles. The zero-order valence-corrected chi connectivity index (χ0v) is 19.0. The molecule has 3 atom stereocenters. The Morgan fingerprint density at radius 3 is 2.20 bits per heavy atom. The number of ether oxygens (including phenoxy) is 5. The summed E-state index contributed by atoms with van der Waals surface area (Å²) in [4.78, 5) is 0. The summed E-state index contributed by atoms with van der Waals surface area (Å²) in [5.41, 5.74) is 0.973. The van der Waals surface area contributed by atoms with Gasteiger partial charge in [-0.05, 0) is 31.4 Å². The van der Waals surface area contributed by atoms with Crippen molar-refractivity contribution < 1.29 is 23.7 Å². The molecule has 2 rings (SSSR count). The third-order valence-electron chi connectivity index (χ3n) is 5.10. The molecule has 30 heavy (non-hydrogen) atoms. The van der Waals surface area contributed by atoms with Crippen LogP contribution in [0.25, 0.3) is 0 Å². The zero-order valence-electron chi connectivity index (χ0n) is 19.0. The van der Waals surface area contributed by atoms with Gasteiger partial charge in [0.25, 0.3) is 0 Å². The fraction of sp³-hybridized carbons (Fsp3) is 0.680. The largest absolute Gasteiger partial charge is 0.493 e. The van der Waals surface area contributed by atoms with Gasteiger partial charge in [0.1, 0.15) is 30.7 Å². The van der Waals surface area contributed by atoms with Crippen molar-refractivity contribution in [2.75, 3.05) is 33.0 Å². The average molecular weight is 421 g/mol. The van der Waals surface area contributed by atoms with Crippen molar-refractivity contribution in [3.8, 4) is 5.75 Å². The predicted molar refractivity (Wildman–Crippen MR) is 120 cm³/mol. The number of rotatable bonds is 16. The number of hydrogen-bond acceptors (Lipinski definition) is 5. The molecular formula is C25H40O5. The van der Waals surface area contributed by atoms with E-state index in [4.69, 9.17) is 23.7 Å². The molecule has 0 N–H and O–H groups in total. The molecule has 0 amide bonds. The molecule has 0 spiro atoms. The zero-order chi connectivity index (χ0) is 21.4.